The first kappa shape index (κ1) is 14.2. The zero-order chi connectivity index (χ0) is 15.5. The van der Waals surface area contributed by atoms with E-state index in [2.05, 4.69) is 10.6 Å². The van der Waals surface area contributed by atoms with E-state index in [9.17, 15) is 9.18 Å². The quantitative estimate of drug-likeness (QED) is 0.708. The largest absolute Gasteiger partial charge is 0.451 e. The maximum Gasteiger partial charge on any atom is 0.293 e. The van der Waals surface area contributed by atoms with Gasteiger partial charge < -0.3 is 9.73 Å². The van der Waals surface area contributed by atoms with Crippen LogP contribution in [-0.4, -0.2) is 11.0 Å². The third-order valence-corrected chi connectivity index (χ3v) is 3.20. The van der Waals surface area contributed by atoms with Gasteiger partial charge in [-0.15, -0.1) is 0 Å². The average molecular weight is 314 g/mol. The van der Waals surface area contributed by atoms with Crippen LogP contribution in [0.25, 0.3) is 11.0 Å². The zero-order valence-corrected chi connectivity index (χ0v) is 12.1. The molecule has 110 valence electrons. The Bertz CT molecular complexity index is 827. The molecule has 0 saturated heterocycles. The Labute approximate surface area is 130 Å². The van der Waals surface area contributed by atoms with Crippen LogP contribution in [0.4, 0.5) is 10.1 Å². The lowest BCUT2D eigenvalue weighted by molar-refractivity contribution is 0.0953. The van der Waals surface area contributed by atoms with E-state index < -0.39 is 11.7 Å². The van der Waals surface area contributed by atoms with Crippen LogP contribution in [0, 0.1) is 5.82 Å². The highest BCUT2D eigenvalue weighted by Crippen LogP contribution is 2.18. The molecule has 0 spiro atoms. The van der Waals surface area contributed by atoms with Crippen LogP contribution in [0.3, 0.4) is 0 Å². The lowest BCUT2D eigenvalue weighted by Crippen LogP contribution is -2.34. The van der Waals surface area contributed by atoms with Crippen molar-refractivity contribution in [3.05, 3.63) is 66.2 Å². The van der Waals surface area contributed by atoms with Gasteiger partial charge in [0, 0.05) is 5.39 Å². The number of para-hydroxylation sites is 2. The van der Waals surface area contributed by atoms with Crippen molar-refractivity contribution in [2.24, 2.45) is 0 Å². The predicted molar refractivity (Wildman–Crippen MR) is 86.3 cm³/mol. The van der Waals surface area contributed by atoms with Crippen LogP contribution in [0.15, 0.2) is 59.0 Å². The van der Waals surface area contributed by atoms with Crippen LogP contribution in [0.1, 0.15) is 10.6 Å². The number of thiocarbonyl (C=S) groups is 1. The summed E-state index contributed by atoms with van der Waals surface area (Å²) in [5, 5.41) is 5.90. The van der Waals surface area contributed by atoms with E-state index in [1.165, 1.54) is 12.1 Å². The fourth-order valence-corrected chi connectivity index (χ4v) is 2.18. The highest BCUT2D eigenvalue weighted by Gasteiger charge is 2.14. The molecule has 3 aromatic rings. The van der Waals surface area contributed by atoms with E-state index in [1.807, 2.05) is 18.2 Å². The Morgan fingerprint density at radius 3 is 2.59 bits per heavy atom. The number of hydrogen-bond acceptors (Lipinski definition) is 3. The van der Waals surface area contributed by atoms with Gasteiger partial charge in [0.2, 0.25) is 0 Å². The van der Waals surface area contributed by atoms with Gasteiger partial charge in [0.25, 0.3) is 5.91 Å². The summed E-state index contributed by atoms with van der Waals surface area (Å²) in [6, 6.07) is 14.9. The number of hydrogen-bond donors (Lipinski definition) is 2. The number of furan rings is 1. The molecule has 0 bridgehead atoms. The van der Waals surface area contributed by atoms with Crippen molar-refractivity contribution >= 4 is 39.9 Å². The maximum absolute atomic E-state index is 13.5. The molecule has 2 N–H and O–H groups in total. The minimum Gasteiger partial charge on any atom is -0.451 e. The number of fused-ring (bicyclic) bond motifs is 1. The van der Waals surface area contributed by atoms with Gasteiger partial charge in [0.05, 0.1) is 5.69 Å². The van der Waals surface area contributed by atoms with Gasteiger partial charge in [-0.1, -0.05) is 30.3 Å². The number of anilines is 1. The molecular formula is C16H11FN2O2S. The molecule has 0 aliphatic heterocycles. The fourth-order valence-electron chi connectivity index (χ4n) is 1.97. The summed E-state index contributed by atoms with van der Waals surface area (Å²) in [4.78, 5) is 12.1. The van der Waals surface area contributed by atoms with Gasteiger partial charge in [-0.25, -0.2) is 4.39 Å². The molecule has 1 aromatic heterocycles. The topological polar surface area (TPSA) is 54.3 Å². The second-order valence-electron chi connectivity index (χ2n) is 4.54. The molecule has 22 heavy (non-hydrogen) atoms. The Kier molecular flexibility index (Phi) is 3.84. The first-order valence-electron chi connectivity index (χ1n) is 6.49. The fraction of sp³-hybridized carbons (Fsp3) is 0. The highest BCUT2D eigenvalue weighted by atomic mass is 32.1. The Morgan fingerprint density at radius 1 is 1.09 bits per heavy atom. The van der Waals surface area contributed by atoms with Gasteiger partial charge in [-0.05, 0) is 36.5 Å². The number of amides is 1. The van der Waals surface area contributed by atoms with Crippen molar-refractivity contribution < 1.29 is 13.6 Å². The molecule has 0 saturated carbocycles. The SMILES string of the molecule is O=C(NC(=S)Nc1ccccc1F)c1cc2ccccc2o1. The number of carbonyl (C=O) groups excluding carboxylic acids is 1. The van der Waals surface area contributed by atoms with Crippen LogP contribution in [-0.2, 0) is 0 Å². The normalized spacial score (nSPS) is 10.4. The molecular weight excluding hydrogens is 303 g/mol. The molecule has 1 amide bonds. The van der Waals surface area contributed by atoms with Gasteiger partial charge >= 0.3 is 0 Å². The summed E-state index contributed by atoms with van der Waals surface area (Å²) in [5.74, 6) is -0.813. The number of halogens is 1. The molecule has 4 nitrogen and oxygen atoms in total. The van der Waals surface area contributed by atoms with Gasteiger partial charge in [-0.2, -0.15) is 0 Å². The van der Waals surface area contributed by atoms with Gasteiger partial charge in [0.1, 0.15) is 11.4 Å². The van der Waals surface area contributed by atoms with E-state index >= 15 is 0 Å². The minimum atomic E-state index is -0.495. The van der Waals surface area contributed by atoms with Crippen molar-refractivity contribution in [1.82, 2.24) is 5.32 Å². The monoisotopic (exact) mass is 314 g/mol. The second-order valence-corrected chi connectivity index (χ2v) is 4.94. The molecule has 0 unspecified atom stereocenters. The van der Waals surface area contributed by atoms with Crippen LogP contribution in [0.5, 0.6) is 0 Å². The Morgan fingerprint density at radius 2 is 1.82 bits per heavy atom. The van der Waals surface area contributed by atoms with Gasteiger partial charge in [0.15, 0.2) is 10.9 Å². The minimum absolute atomic E-state index is 0.00411. The van der Waals surface area contributed by atoms with Crippen LogP contribution >= 0.6 is 12.2 Å². The molecule has 0 fully saturated rings. The highest BCUT2D eigenvalue weighted by molar-refractivity contribution is 7.80. The summed E-state index contributed by atoms with van der Waals surface area (Å²) in [7, 11) is 0. The van der Waals surface area contributed by atoms with E-state index in [4.69, 9.17) is 16.6 Å². The van der Waals surface area contributed by atoms with Crippen molar-refractivity contribution in [3.8, 4) is 0 Å². The maximum atomic E-state index is 13.5. The molecule has 3 rings (SSSR count). The van der Waals surface area contributed by atoms with Crippen molar-refractivity contribution in [2.45, 2.75) is 0 Å². The number of nitrogens with one attached hydrogen (secondary N) is 2. The molecule has 0 aliphatic rings. The van der Waals surface area contributed by atoms with Gasteiger partial charge in [-0.3, -0.25) is 10.1 Å². The third kappa shape index (κ3) is 2.96. The first-order chi connectivity index (χ1) is 10.6. The number of rotatable bonds is 2. The lowest BCUT2D eigenvalue weighted by Gasteiger charge is -2.08. The predicted octanol–water partition coefficient (Wildman–Crippen LogP) is 3.70. The van der Waals surface area contributed by atoms with E-state index in [0.29, 0.717) is 5.58 Å². The van der Waals surface area contributed by atoms with Crippen molar-refractivity contribution in [3.63, 3.8) is 0 Å². The van der Waals surface area contributed by atoms with Crippen molar-refractivity contribution in [1.29, 1.82) is 0 Å². The summed E-state index contributed by atoms with van der Waals surface area (Å²) in [5.41, 5.74) is 0.804. The summed E-state index contributed by atoms with van der Waals surface area (Å²) >= 11 is 5.00. The summed E-state index contributed by atoms with van der Waals surface area (Å²) in [6.07, 6.45) is 0. The molecule has 2 aromatic carbocycles. The Balaban J connectivity index is 1.71. The van der Waals surface area contributed by atoms with E-state index in [1.54, 1.807) is 24.3 Å². The standard InChI is InChI=1S/C16H11FN2O2S/c17-11-6-2-3-7-12(11)18-16(22)19-15(20)14-9-10-5-1-4-8-13(10)21-14/h1-9H,(H2,18,19,20,22). The number of benzene rings is 2. The summed E-state index contributed by atoms with van der Waals surface area (Å²) < 4.78 is 18.9. The zero-order valence-electron chi connectivity index (χ0n) is 11.3. The van der Waals surface area contributed by atoms with Crippen molar-refractivity contribution in [2.75, 3.05) is 5.32 Å². The summed E-state index contributed by atoms with van der Waals surface area (Å²) in [6.45, 7) is 0. The number of carbonyl (C=O) groups is 1. The van der Waals surface area contributed by atoms with E-state index in [0.717, 1.165) is 5.39 Å². The molecule has 0 atom stereocenters. The lowest BCUT2D eigenvalue weighted by atomic mass is 10.2. The van der Waals surface area contributed by atoms with E-state index in [-0.39, 0.29) is 16.6 Å². The first-order valence-corrected chi connectivity index (χ1v) is 6.90. The van der Waals surface area contributed by atoms with Crippen LogP contribution < -0.4 is 10.6 Å². The smallest absolute Gasteiger partial charge is 0.293 e. The molecule has 0 aliphatic carbocycles. The third-order valence-electron chi connectivity index (χ3n) is 3.00. The molecule has 0 radical (unpaired) electrons. The Hall–Kier alpha value is -2.73. The van der Waals surface area contributed by atoms with Crippen LogP contribution in [0.2, 0.25) is 0 Å². The molecule has 6 heteroatoms. The average Bonchev–Trinajstić information content (AvgIpc) is 2.93. The molecule has 1 heterocycles. The second kappa shape index (κ2) is 5.95.